The van der Waals surface area contributed by atoms with Crippen LogP contribution < -0.4 is 0 Å². The molecule has 0 aromatic heterocycles. The molecule has 0 radical (unpaired) electrons. The van der Waals surface area contributed by atoms with Crippen molar-refractivity contribution in [1.82, 2.24) is 0 Å². The van der Waals surface area contributed by atoms with Crippen molar-refractivity contribution in [3.05, 3.63) is 5.41 Å². The predicted octanol–water partition coefficient (Wildman–Crippen LogP) is 2.21. The van der Waals surface area contributed by atoms with Crippen molar-refractivity contribution in [2.45, 2.75) is 33.1 Å². The average molecular weight is 238 g/mol. The lowest BCUT2D eigenvalue weighted by atomic mass is 10.4. The van der Waals surface area contributed by atoms with E-state index in [0.717, 1.165) is 19.8 Å². The van der Waals surface area contributed by atoms with Gasteiger partial charge in [0, 0.05) is 12.8 Å². The average Bonchev–Trinajstić information content (AvgIpc) is 2.81. The Morgan fingerprint density at radius 1 is 1.35 bits per heavy atom. The summed E-state index contributed by atoms with van der Waals surface area (Å²) in [5.41, 5.74) is 0. The maximum Gasteiger partial charge on any atom is 0.183 e. The summed E-state index contributed by atoms with van der Waals surface area (Å²) in [6, 6.07) is 1.28. The van der Waals surface area contributed by atoms with E-state index in [4.69, 9.17) is 15.4 Å². The Morgan fingerprint density at radius 3 is 2.35 bits per heavy atom. The highest BCUT2D eigenvalue weighted by Gasteiger charge is 2.29. The summed E-state index contributed by atoms with van der Waals surface area (Å²) in [4.78, 5) is 2.58. The van der Waals surface area contributed by atoms with Crippen LogP contribution in [0.2, 0.25) is 0 Å². The van der Waals surface area contributed by atoms with E-state index in [1.54, 1.807) is 0 Å². The second kappa shape index (κ2) is 9.98. The molecule has 0 aliphatic carbocycles. The number of nitrogens with zero attached hydrogens (tertiary/aromatic N) is 4. The summed E-state index contributed by atoms with van der Waals surface area (Å²) in [6.07, 6.45) is 5.21. The third-order valence-corrected chi connectivity index (χ3v) is 3.00. The van der Waals surface area contributed by atoms with Crippen LogP contribution in [0.3, 0.4) is 0 Å². The van der Waals surface area contributed by atoms with Gasteiger partial charge in [0.2, 0.25) is 0 Å². The van der Waals surface area contributed by atoms with Crippen LogP contribution in [0.4, 0.5) is 0 Å². The summed E-state index contributed by atoms with van der Waals surface area (Å²) in [7, 11) is 0. The van der Waals surface area contributed by atoms with Gasteiger partial charge in [-0.05, 0) is 13.3 Å². The number of likely N-dealkylation sites (tertiary alicyclic amines) is 1. The quantitative estimate of drug-likeness (QED) is 0.319. The van der Waals surface area contributed by atoms with E-state index < -0.39 is 0 Å². The maximum absolute atomic E-state index is 7.43. The lowest BCUT2D eigenvalue weighted by molar-refractivity contribution is -0.933. The van der Waals surface area contributed by atoms with Crippen LogP contribution in [0.15, 0.2) is 4.99 Å². The van der Waals surface area contributed by atoms with Crippen LogP contribution in [0.25, 0.3) is 5.41 Å². The summed E-state index contributed by atoms with van der Waals surface area (Å²) < 4.78 is 6.84. The molecular formula is C12H22N4O. The summed E-state index contributed by atoms with van der Waals surface area (Å²) in [6.45, 7) is 10.2. The van der Waals surface area contributed by atoms with Crippen molar-refractivity contribution in [2.24, 2.45) is 4.99 Å². The standard InChI is InChI=1S/C10H22NO.C2N3/c1-3-9-12-10-11(4-2)7-5-6-8-11;3-1-5-2-4/h3-10H2,1-2H3;/q+1;-1. The topological polar surface area (TPSA) is 67.7 Å². The Labute approximate surface area is 104 Å². The highest BCUT2D eigenvalue weighted by atomic mass is 16.5. The second-order valence-electron chi connectivity index (χ2n) is 4.16. The fourth-order valence-electron chi connectivity index (χ4n) is 1.97. The highest BCUT2D eigenvalue weighted by Crippen LogP contribution is 2.18. The number of nitriles is 1. The van der Waals surface area contributed by atoms with Gasteiger partial charge in [0.05, 0.1) is 32.4 Å². The molecule has 0 aromatic carbocycles. The Balaban J connectivity index is 0.000000437. The van der Waals surface area contributed by atoms with Crippen LogP contribution in [0.1, 0.15) is 33.1 Å². The highest BCUT2D eigenvalue weighted by molar-refractivity contribution is 5.46. The first-order valence-electron chi connectivity index (χ1n) is 6.15. The Kier molecular flexibility index (Phi) is 9.27. The zero-order valence-electron chi connectivity index (χ0n) is 10.9. The van der Waals surface area contributed by atoms with Crippen LogP contribution in [-0.4, -0.2) is 43.5 Å². The summed E-state index contributed by atoms with van der Waals surface area (Å²) >= 11 is 0. The minimum absolute atomic E-state index is 0.931. The first-order valence-corrected chi connectivity index (χ1v) is 6.15. The molecule has 17 heavy (non-hydrogen) atoms. The molecule has 1 aliphatic rings. The second-order valence-corrected chi connectivity index (χ2v) is 4.16. The molecule has 0 spiro atoms. The van der Waals surface area contributed by atoms with Gasteiger partial charge >= 0.3 is 0 Å². The Hall–Kier alpha value is -1.21. The molecule has 1 heterocycles. The van der Waals surface area contributed by atoms with E-state index in [1.165, 1.54) is 49.2 Å². The first-order chi connectivity index (χ1) is 8.24. The van der Waals surface area contributed by atoms with Crippen molar-refractivity contribution < 1.29 is 9.22 Å². The van der Waals surface area contributed by atoms with Crippen LogP contribution in [0, 0.1) is 11.5 Å². The van der Waals surface area contributed by atoms with Gasteiger partial charge in [0.25, 0.3) is 0 Å². The van der Waals surface area contributed by atoms with Gasteiger partial charge in [-0.1, -0.05) is 6.92 Å². The number of ether oxygens (including phenoxy) is 1. The van der Waals surface area contributed by atoms with Gasteiger partial charge in [-0.25, -0.2) is 0 Å². The molecule has 0 aromatic rings. The first kappa shape index (κ1) is 15.8. The predicted molar refractivity (Wildman–Crippen MR) is 67.3 cm³/mol. The lowest BCUT2D eigenvalue weighted by Gasteiger charge is -2.32. The minimum Gasteiger partial charge on any atom is -0.422 e. The van der Waals surface area contributed by atoms with Crippen molar-refractivity contribution in [2.75, 3.05) is 33.0 Å². The van der Waals surface area contributed by atoms with E-state index in [1.807, 2.05) is 0 Å². The SMILES string of the molecule is CCCOC[N+]1(CC)CCCC1.N#CN=C=[N-]. The van der Waals surface area contributed by atoms with Crippen molar-refractivity contribution in [1.29, 1.82) is 5.26 Å². The van der Waals surface area contributed by atoms with E-state index in [-0.39, 0.29) is 0 Å². The normalized spacial score (nSPS) is 16.3. The van der Waals surface area contributed by atoms with E-state index in [2.05, 4.69) is 18.8 Å². The molecule has 5 heteroatoms. The molecule has 0 N–H and O–H groups in total. The third-order valence-electron chi connectivity index (χ3n) is 3.00. The zero-order chi connectivity index (χ0) is 13.0. The van der Waals surface area contributed by atoms with E-state index >= 15 is 0 Å². The van der Waals surface area contributed by atoms with Crippen molar-refractivity contribution in [3.63, 3.8) is 0 Å². The van der Waals surface area contributed by atoms with Gasteiger partial charge in [0.15, 0.2) is 6.73 Å². The zero-order valence-corrected chi connectivity index (χ0v) is 10.9. The number of aliphatic imine (C=N–C) groups is 1. The number of hydrogen-bond donors (Lipinski definition) is 0. The molecule has 0 bridgehead atoms. The summed E-state index contributed by atoms with van der Waals surface area (Å²) in [5.74, 6) is 0. The minimum atomic E-state index is 0.931. The van der Waals surface area contributed by atoms with Crippen molar-refractivity contribution in [3.8, 4) is 6.19 Å². The molecular weight excluding hydrogens is 216 g/mol. The van der Waals surface area contributed by atoms with Crippen LogP contribution in [0.5, 0.6) is 0 Å². The smallest absolute Gasteiger partial charge is 0.183 e. The largest absolute Gasteiger partial charge is 0.422 e. The third kappa shape index (κ3) is 6.85. The molecule has 5 nitrogen and oxygen atoms in total. The summed E-state index contributed by atoms with van der Waals surface area (Å²) in [5, 5.41) is 14.9. The van der Waals surface area contributed by atoms with Gasteiger partial charge < -0.3 is 19.6 Å². The molecule has 1 rings (SSSR count). The lowest BCUT2D eigenvalue weighted by Crippen LogP contribution is -2.46. The Morgan fingerprint density at radius 2 is 2.00 bits per heavy atom. The molecule has 1 saturated heterocycles. The molecule has 1 aliphatic heterocycles. The van der Waals surface area contributed by atoms with Crippen molar-refractivity contribution >= 4 is 6.01 Å². The van der Waals surface area contributed by atoms with Gasteiger partial charge in [-0.2, -0.15) is 5.26 Å². The number of quaternary nitrogens is 1. The fraction of sp³-hybridized carbons (Fsp3) is 0.833. The van der Waals surface area contributed by atoms with Gasteiger partial charge in [-0.15, -0.1) is 6.01 Å². The Bertz CT molecular complexity index is 273. The number of hydrogen-bond acceptors (Lipinski definition) is 3. The molecule has 0 saturated carbocycles. The molecule has 0 atom stereocenters. The number of rotatable bonds is 5. The monoisotopic (exact) mass is 238 g/mol. The van der Waals surface area contributed by atoms with E-state index in [0.29, 0.717) is 0 Å². The fourth-order valence-corrected chi connectivity index (χ4v) is 1.97. The van der Waals surface area contributed by atoms with E-state index in [9.17, 15) is 0 Å². The maximum atomic E-state index is 7.43. The van der Waals surface area contributed by atoms with Crippen LogP contribution in [-0.2, 0) is 4.74 Å². The van der Waals surface area contributed by atoms with Gasteiger partial charge in [-0.3, -0.25) is 0 Å². The molecule has 1 fully saturated rings. The molecule has 0 amide bonds. The van der Waals surface area contributed by atoms with Gasteiger partial charge in [0.1, 0.15) is 0 Å². The molecule has 96 valence electrons. The molecule has 0 unspecified atom stereocenters. The van der Waals surface area contributed by atoms with Crippen LogP contribution >= 0.6 is 0 Å².